The van der Waals surface area contributed by atoms with Crippen LogP contribution >= 0.6 is 11.6 Å². The Labute approximate surface area is 123 Å². The van der Waals surface area contributed by atoms with Crippen molar-refractivity contribution < 1.29 is 14.7 Å². The van der Waals surface area contributed by atoms with Crippen molar-refractivity contribution in [3.05, 3.63) is 41.9 Å². The highest BCUT2D eigenvalue weighted by molar-refractivity contribution is 6.30. The molecule has 0 aliphatic carbocycles. The van der Waals surface area contributed by atoms with Crippen molar-refractivity contribution in [2.24, 2.45) is 0 Å². The Bertz CT molecular complexity index is 488. The van der Waals surface area contributed by atoms with Crippen molar-refractivity contribution >= 4 is 29.3 Å². The van der Waals surface area contributed by atoms with Crippen LogP contribution in [-0.4, -0.2) is 41.6 Å². The number of hydrogen-bond acceptors (Lipinski definition) is 2. The smallest absolute Gasteiger partial charge is 0.325 e. The van der Waals surface area contributed by atoms with Crippen LogP contribution in [0.25, 0.3) is 0 Å². The molecule has 0 unspecified atom stereocenters. The van der Waals surface area contributed by atoms with Crippen LogP contribution in [0.15, 0.2) is 36.9 Å². The third-order valence-electron chi connectivity index (χ3n) is 2.66. The molecule has 0 spiro atoms. The maximum absolute atomic E-state index is 12.4. The summed E-state index contributed by atoms with van der Waals surface area (Å²) in [6.07, 6.45) is 1.60. The predicted molar refractivity (Wildman–Crippen MR) is 79.3 cm³/mol. The number of carboxylic acid groups (broad SMARTS) is 1. The molecule has 0 heterocycles. The molecule has 0 aliphatic heterocycles. The molecule has 5 nitrogen and oxygen atoms in total. The molecule has 2 amide bonds. The first kappa shape index (κ1) is 16.0. The van der Waals surface area contributed by atoms with Crippen molar-refractivity contribution in [2.45, 2.75) is 6.92 Å². The van der Waals surface area contributed by atoms with Gasteiger partial charge < -0.3 is 10.0 Å². The summed E-state index contributed by atoms with van der Waals surface area (Å²) in [6, 6.07) is 6.08. The van der Waals surface area contributed by atoms with Gasteiger partial charge in [-0.05, 0) is 31.2 Å². The monoisotopic (exact) mass is 296 g/mol. The number of urea groups is 1. The van der Waals surface area contributed by atoms with Gasteiger partial charge in [0.25, 0.3) is 0 Å². The van der Waals surface area contributed by atoms with Crippen LogP contribution in [0.1, 0.15) is 6.92 Å². The molecule has 0 radical (unpaired) electrons. The molecule has 1 aromatic rings. The van der Waals surface area contributed by atoms with E-state index in [1.807, 2.05) is 6.92 Å². The predicted octanol–water partition coefficient (Wildman–Crippen LogP) is 2.86. The van der Waals surface area contributed by atoms with Crippen molar-refractivity contribution in [3.63, 3.8) is 0 Å². The van der Waals surface area contributed by atoms with Crippen LogP contribution in [0.4, 0.5) is 10.5 Å². The van der Waals surface area contributed by atoms with Gasteiger partial charge in [-0.25, -0.2) is 4.79 Å². The summed E-state index contributed by atoms with van der Waals surface area (Å²) < 4.78 is 0. The molecule has 0 saturated carbocycles. The summed E-state index contributed by atoms with van der Waals surface area (Å²) in [5, 5.41) is 9.50. The van der Waals surface area contributed by atoms with Gasteiger partial charge in [0, 0.05) is 23.8 Å². The number of amides is 2. The topological polar surface area (TPSA) is 60.9 Å². The minimum atomic E-state index is -1.08. The van der Waals surface area contributed by atoms with E-state index in [2.05, 4.69) is 6.58 Å². The van der Waals surface area contributed by atoms with Gasteiger partial charge in [0.05, 0.1) is 0 Å². The van der Waals surface area contributed by atoms with E-state index in [-0.39, 0.29) is 6.03 Å². The van der Waals surface area contributed by atoms with Gasteiger partial charge in [-0.1, -0.05) is 17.7 Å². The van der Waals surface area contributed by atoms with Gasteiger partial charge in [0.2, 0.25) is 0 Å². The zero-order valence-electron chi connectivity index (χ0n) is 11.3. The van der Waals surface area contributed by atoms with E-state index in [1.54, 1.807) is 30.3 Å². The van der Waals surface area contributed by atoms with E-state index in [9.17, 15) is 9.59 Å². The zero-order chi connectivity index (χ0) is 15.1. The van der Waals surface area contributed by atoms with Crippen molar-refractivity contribution in [1.29, 1.82) is 0 Å². The number of carboxylic acids is 1. The third kappa shape index (κ3) is 4.28. The summed E-state index contributed by atoms with van der Waals surface area (Å²) in [7, 11) is 0. The number of hydrogen-bond donors (Lipinski definition) is 1. The third-order valence-corrected chi connectivity index (χ3v) is 2.92. The zero-order valence-corrected chi connectivity index (χ0v) is 12.0. The van der Waals surface area contributed by atoms with Crippen LogP contribution < -0.4 is 4.90 Å². The van der Waals surface area contributed by atoms with E-state index in [4.69, 9.17) is 16.7 Å². The molecule has 0 bridgehead atoms. The van der Waals surface area contributed by atoms with E-state index in [0.29, 0.717) is 23.8 Å². The van der Waals surface area contributed by atoms with Crippen LogP contribution in [-0.2, 0) is 4.79 Å². The fourth-order valence-corrected chi connectivity index (χ4v) is 1.82. The van der Waals surface area contributed by atoms with Gasteiger partial charge in [-0.3, -0.25) is 9.69 Å². The quantitative estimate of drug-likeness (QED) is 0.821. The van der Waals surface area contributed by atoms with Crippen molar-refractivity contribution in [2.75, 3.05) is 24.5 Å². The molecular formula is C14H17ClN2O3. The van der Waals surface area contributed by atoms with Crippen molar-refractivity contribution in [3.8, 4) is 0 Å². The lowest BCUT2D eigenvalue weighted by Gasteiger charge is -2.28. The fraction of sp³-hybridized carbons (Fsp3) is 0.286. The SMILES string of the molecule is C=CCN(CC)C(=O)N(CC(=O)O)c1ccc(Cl)cc1. The van der Waals surface area contributed by atoms with Gasteiger partial charge in [0.1, 0.15) is 6.54 Å². The number of halogens is 1. The second kappa shape index (κ2) is 7.55. The maximum atomic E-state index is 12.4. The van der Waals surface area contributed by atoms with E-state index in [1.165, 1.54) is 9.80 Å². The summed E-state index contributed by atoms with van der Waals surface area (Å²) in [6.45, 7) is 5.83. The first-order valence-electron chi connectivity index (χ1n) is 6.14. The second-order valence-corrected chi connectivity index (χ2v) is 4.50. The number of anilines is 1. The molecular weight excluding hydrogens is 280 g/mol. The molecule has 0 fully saturated rings. The molecule has 6 heteroatoms. The second-order valence-electron chi connectivity index (χ2n) is 4.07. The van der Waals surface area contributed by atoms with Crippen LogP contribution in [0.5, 0.6) is 0 Å². The highest BCUT2D eigenvalue weighted by Crippen LogP contribution is 2.19. The lowest BCUT2D eigenvalue weighted by molar-refractivity contribution is -0.135. The standard InChI is InChI=1S/C14H17ClN2O3/c1-3-9-16(4-2)14(20)17(10-13(18)19)12-7-5-11(15)6-8-12/h3,5-8H,1,4,9-10H2,2H3,(H,18,19). The molecule has 0 aliphatic rings. The summed E-state index contributed by atoms with van der Waals surface area (Å²) in [5.41, 5.74) is 0.490. The number of carbonyl (C=O) groups is 2. The van der Waals surface area contributed by atoms with Crippen molar-refractivity contribution in [1.82, 2.24) is 4.90 Å². The van der Waals surface area contributed by atoms with E-state index in [0.717, 1.165) is 0 Å². The number of aliphatic carboxylic acids is 1. The van der Waals surface area contributed by atoms with Crippen LogP contribution in [0.2, 0.25) is 5.02 Å². The summed E-state index contributed by atoms with van der Waals surface area (Å²) in [4.78, 5) is 26.1. The van der Waals surface area contributed by atoms with Crippen LogP contribution in [0, 0.1) is 0 Å². The molecule has 1 rings (SSSR count). The van der Waals surface area contributed by atoms with Gasteiger partial charge in [-0.2, -0.15) is 0 Å². The first-order valence-corrected chi connectivity index (χ1v) is 6.52. The number of likely N-dealkylation sites (N-methyl/N-ethyl adjacent to an activating group) is 1. The average molecular weight is 297 g/mol. The Morgan fingerprint density at radius 2 is 1.95 bits per heavy atom. The Morgan fingerprint density at radius 1 is 1.35 bits per heavy atom. The highest BCUT2D eigenvalue weighted by Gasteiger charge is 2.22. The minimum absolute atomic E-state index is 0.360. The largest absolute Gasteiger partial charge is 0.480 e. The lowest BCUT2D eigenvalue weighted by atomic mass is 10.3. The van der Waals surface area contributed by atoms with Gasteiger partial charge in [0.15, 0.2) is 0 Å². The van der Waals surface area contributed by atoms with E-state index < -0.39 is 12.5 Å². The molecule has 1 N–H and O–H groups in total. The minimum Gasteiger partial charge on any atom is -0.480 e. The summed E-state index contributed by atoms with van der Waals surface area (Å²) >= 11 is 5.80. The van der Waals surface area contributed by atoms with Gasteiger partial charge in [-0.15, -0.1) is 6.58 Å². The molecule has 0 atom stereocenters. The normalized spacial score (nSPS) is 9.90. The lowest BCUT2D eigenvalue weighted by Crippen LogP contribution is -2.45. The number of benzene rings is 1. The molecule has 108 valence electrons. The fourth-order valence-electron chi connectivity index (χ4n) is 1.69. The highest BCUT2D eigenvalue weighted by atomic mass is 35.5. The van der Waals surface area contributed by atoms with Gasteiger partial charge >= 0.3 is 12.0 Å². The number of rotatable bonds is 6. The molecule has 20 heavy (non-hydrogen) atoms. The molecule has 0 aromatic heterocycles. The Hall–Kier alpha value is -2.01. The Morgan fingerprint density at radius 3 is 2.40 bits per heavy atom. The van der Waals surface area contributed by atoms with E-state index >= 15 is 0 Å². The summed E-state index contributed by atoms with van der Waals surface area (Å²) in [5.74, 6) is -1.08. The Kier molecular flexibility index (Phi) is 6.06. The number of nitrogens with zero attached hydrogens (tertiary/aromatic N) is 2. The van der Waals surface area contributed by atoms with Crippen LogP contribution in [0.3, 0.4) is 0 Å². The maximum Gasteiger partial charge on any atom is 0.325 e. The first-order chi connectivity index (χ1) is 9.49. The molecule has 0 saturated heterocycles. The average Bonchev–Trinajstić information content (AvgIpc) is 2.42. The number of carbonyl (C=O) groups excluding carboxylic acids is 1. The molecule has 1 aromatic carbocycles. The Balaban J connectivity index is 3.04.